The third-order valence-corrected chi connectivity index (χ3v) is 4.94. The van der Waals surface area contributed by atoms with Gasteiger partial charge in [0.1, 0.15) is 5.75 Å². The molecule has 0 atom stereocenters. The molecule has 154 valence electrons. The number of ether oxygens (including phenoxy) is 1. The molecular formula is C21H27N5O3. The van der Waals surface area contributed by atoms with E-state index in [1.165, 1.54) is 11.8 Å². The lowest BCUT2D eigenvalue weighted by molar-refractivity contribution is -0.385. The van der Waals surface area contributed by atoms with E-state index in [4.69, 9.17) is 4.74 Å². The zero-order valence-electron chi connectivity index (χ0n) is 16.9. The van der Waals surface area contributed by atoms with Crippen LogP contribution in [0.15, 0.2) is 53.5 Å². The number of hydrogen-bond acceptors (Lipinski definition) is 5. The van der Waals surface area contributed by atoms with Crippen molar-refractivity contribution >= 4 is 17.3 Å². The van der Waals surface area contributed by atoms with E-state index in [0.29, 0.717) is 5.56 Å². The molecule has 1 fully saturated rings. The molecule has 0 saturated carbocycles. The summed E-state index contributed by atoms with van der Waals surface area (Å²) >= 11 is 0. The minimum Gasteiger partial charge on any atom is -0.497 e. The maximum atomic E-state index is 11.2. The molecule has 1 aliphatic heterocycles. The molecule has 2 aromatic rings. The highest BCUT2D eigenvalue weighted by Crippen LogP contribution is 2.21. The molecule has 0 aromatic heterocycles. The zero-order chi connectivity index (χ0) is 20.6. The van der Waals surface area contributed by atoms with Crippen molar-refractivity contribution in [2.45, 2.75) is 13.5 Å². The summed E-state index contributed by atoms with van der Waals surface area (Å²) in [6, 6.07) is 14.8. The SMILES string of the molecule is CCNC(=NCc1ccccc1[N+](=O)[O-])N1CCN(c2ccc(OC)cc2)CC1. The molecule has 3 rings (SSSR count). The van der Waals surface area contributed by atoms with Crippen molar-refractivity contribution in [1.82, 2.24) is 10.2 Å². The number of guanidine groups is 1. The van der Waals surface area contributed by atoms with Gasteiger partial charge in [-0.25, -0.2) is 4.99 Å². The Morgan fingerprint density at radius 3 is 2.45 bits per heavy atom. The van der Waals surface area contributed by atoms with Gasteiger partial charge in [-0.15, -0.1) is 0 Å². The largest absolute Gasteiger partial charge is 0.497 e. The van der Waals surface area contributed by atoms with E-state index < -0.39 is 0 Å². The summed E-state index contributed by atoms with van der Waals surface area (Å²) in [4.78, 5) is 20.1. The second kappa shape index (κ2) is 9.77. The highest BCUT2D eigenvalue weighted by atomic mass is 16.6. The van der Waals surface area contributed by atoms with E-state index >= 15 is 0 Å². The van der Waals surface area contributed by atoms with Gasteiger partial charge in [0, 0.05) is 44.5 Å². The quantitative estimate of drug-likeness (QED) is 0.349. The van der Waals surface area contributed by atoms with Gasteiger partial charge < -0.3 is 19.9 Å². The Labute approximate surface area is 170 Å². The molecule has 29 heavy (non-hydrogen) atoms. The van der Waals surface area contributed by atoms with Gasteiger partial charge in [0.25, 0.3) is 5.69 Å². The van der Waals surface area contributed by atoms with Crippen molar-refractivity contribution < 1.29 is 9.66 Å². The fraction of sp³-hybridized carbons (Fsp3) is 0.381. The molecule has 8 heteroatoms. The maximum Gasteiger partial charge on any atom is 0.274 e. The van der Waals surface area contributed by atoms with Crippen molar-refractivity contribution in [3.8, 4) is 5.75 Å². The molecule has 0 radical (unpaired) electrons. The Morgan fingerprint density at radius 1 is 1.14 bits per heavy atom. The monoisotopic (exact) mass is 397 g/mol. The van der Waals surface area contributed by atoms with Gasteiger partial charge in [0.05, 0.1) is 24.1 Å². The Hall–Kier alpha value is -3.29. The third-order valence-electron chi connectivity index (χ3n) is 4.94. The van der Waals surface area contributed by atoms with E-state index in [0.717, 1.165) is 44.4 Å². The van der Waals surface area contributed by atoms with Crippen molar-refractivity contribution in [2.75, 3.05) is 44.7 Å². The molecule has 1 N–H and O–H groups in total. The normalized spacial score (nSPS) is 14.6. The number of methoxy groups -OCH3 is 1. The molecule has 8 nitrogen and oxygen atoms in total. The van der Waals surface area contributed by atoms with E-state index in [2.05, 4.69) is 32.2 Å². The smallest absolute Gasteiger partial charge is 0.274 e. The van der Waals surface area contributed by atoms with Crippen LogP contribution in [0.5, 0.6) is 5.75 Å². The number of anilines is 1. The lowest BCUT2D eigenvalue weighted by Crippen LogP contribution is -2.52. The molecule has 0 aliphatic carbocycles. The summed E-state index contributed by atoms with van der Waals surface area (Å²) < 4.78 is 5.23. The third kappa shape index (κ3) is 5.16. The van der Waals surface area contributed by atoms with Gasteiger partial charge >= 0.3 is 0 Å². The number of nitrogens with one attached hydrogen (secondary N) is 1. The van der Waals surface area contributed by atoms with E-state index in [1.807, 2.05) is 19.1 Å². The minimum atomic E-state index is -0.356. The number of hydrogen-bond donors (Lipinski definition) is 1. The van der Waals surface area contributed by atoms with E-state index in [9.17, 15) is 10.1 Å². The van der Waals surface area contributed by atoms with Crippen LogP contribution in [0, 0.1) is 10.1 Å². The molecule has 1 saturated heterocycles. The standard InChI is InChI=1S/C21H27N5O3/c1-3-22-21(23-16-17-6-4-5-7-20(17)26(27)28)25-14-12-24(13-15-25)18-8-10-19(29-2)11-9-18/h4-11H,3,12-16H2,1-2H3,(H,22,23). The molecule has 1 aliphatic rings. The van der Waals surface area contributed by atoms with Crippen LogP contribution in [0.4, 0.5) is 11.4 Å². The number of aliphatic imine (C=N–C) groups is 1. The molecule has 0 amide bonds. The Bertz CT molecular complexity index is 846. The zero-order valence-corrected chi connectivity index (χ0v) is 16.9. The topological polar surface area (TPSA) is 83.2 Å². The van der Waals surface area contributed by atoms with E-state index in [1.54, 1.807) is 25.3 Å². The van der Waals surface area contributed by atoms with Crippen molar-refractivity contribution in [1.29, 1.82) is 0 Å². The van der Waals surface area contributed by atoms with Crippen LogP contribution in [0.2, 0.25) is 0 Å². The van der Waals surface area contributed by atoms with Crippen molar-refractivity contribution in [2.24, 2.45) is 4.99 Å². The average Bonchev–Trinajstić information content (AvgIpc) is 2.77. The van der Waals surface area contributed by atoms with Gasteiger partial charge in [-0.3, -0.25) is 10.1 Å². The number of nitro groups is 1. The average molecular weight is 397 g/mol. The van der Waals surface area contributed by atoms with Crippen LogP contribution in [0.25, 0.3) is 0 Å². The molecule has 1 heterocycles. The Balaban J connectivity index is 1.66. The number of nitrogens with zero attached hydrogens (tertiary/aromatic N) is 4. The first kappa shape index (κ1) is 20.4. The summed E-state index contributed by atoms with van der Waals surface area (Å²) in [5.41, 5.74) is 1.90. The number of para-hydroxylation sites is 1. The predicted octanol–water partition coefficient (Wildman–Crippen LogP) is 2.89. The van der Waals surface area contributed by atoms with Crippen LogP contribution in [-0.2, 0) is 6.54 Å². The first-order valence-corrected chi connectivity index (χ1v) is 9.77. The maximum absolute atomic E-state index is 11.2. The Kier molecular flexibility index (Phi) is 6.89. The summed E-state index contributed by atoms with van der Waals surface area (Å²) in [6.45, 7) is 6.45. The highest BCUT2D eigenvalue weighted by molar-refractivity contribution is 5.80. The summed E-state index contributed by atoms with van der Waals surface area (Å²) in [5, 5.41) is 14.5. The number of piperazine rings is 1. The fourth-order valence-corrected chi connectivity index (χ4v) is 3.38. The molecular weight excluding hydrogens is 370 g/mol. The minimum absolute atomic E-state index is 0.108. The second-order valence-corrected chi connectivity index (χ2v) is 6.73. The second-order valence-electron chi connectivity index (χ2n) is 6.73. The van der Waals surface area contributed by atoms with Crippen LogP contribution < -0.4 is 15.0 Å². The number of rotatable bonds is 6. The van der Waals surface area contributed by atoms with Gasteiger partial charge in [-0.05, 0) is 31.2 Å². The summed E-state index contributed by atoms with van der Waals surface area (Å²) in [6.07, 6.45) is 0. The molecule has 0 bridgehead atoms. The van der Waals surface area contributed by atoms with Crippen molar-refractivity contribution in [3.63, 3.8) is 0 Å². The first-order chi connectivity index (χ1) is 14.1. The van der Waals surface area contributed by atoms with Crippen molar-refractivity contribution in [3.05, 3.63) is 64.2 Å². The number of benzene rings is 2. The molecule has 2 aromatic carbocycles. The van der Waals surface area contributed by atoms with Crippen LogP contribution in [0.1, 0.15) is 12.5 Å². The van der Waals surface area contributed by atoms with Gasteiger partial charge in [0.15, 0.2) is 5.96 Å². The summed E-state index contributed by atoms with van der Waals surface area (Å²) in [7, 11) is 1.67. The molecule has 0 unspecified atom stereocenters. The summed E-state index contributed by atoms with van der Waals surface area (Å²) in [5.74, 6) is 1.64. The van der Waals surface area contributed by atoms with Gasteiger partial charge in [0.2, 0.25) is 0 Å². The van der Waals surface area contributed by atoms with Crippen LogP contribution in [0.3, 0.4) is 0 Å². The van der Waals surface area contributed by atoms with Crippen LogP contribution in [-0.4, -0.2) is 55.6 Å². The lowest BCUT2D eigenvalue weighted by atomic mass is 10.2. The number of nitro benzene ring substituents is 1. The van der Waals surface area contributed by atoms with Crippen LogP contribution >= 0.6 is 0 Å². The Morgan fingerprint density at radius 2 is 1.83 bits per heavy atom. The first-order valence-electron chi connectivity index (χ1n) is 9.77. The fourth-order valence-electron chi connectivity index (χ4n) is 3.38. The molecule has 0 spiro atoms. The predicted molar refractivity (Wildman–Crippen MR) is 115 cm³/mol. The van der Waals surface area contributed by atoms with Gasteiger partial charge in [-0.2, -0.15) is 0 Å². The van der Waals surface area contributed by atoms with Gasteiger partial charge in [-0.1, -0.05) is 18.2 Å². The highest BCUT2D eigenvalue weighted by Gasteiger charge is 2.20. The lowest BCUT2D eigenvalue weighted by Gasteiger charge is -2.37. The van der Waals surface area contributed by atoms with E-state index in [-0.39, 0.29) is 17.2 Å².